The minimum Gasteiger partial charge on any atom is -0.492 e. The molecule has 1 saturated heterocycles. The molecule has 0 aliphatic carbocycles. The van der Waals surface area contributed by atoms with Gasteiger partial charge >= 0.3 is 0 Å². The molecule has 1 fully saturated rings. The van der Waals surface area contributed by atoms with Gasteiger partial charge in [-0.2, -0.15) is 0 Å². The predicted molar refractivity (Wildman–Crippen MR) is 126 cm³/mol. The molecule has 8 heteroatoms. The first kappa shape index (κ1) is 24.1. The molecular formula is C24H37N5O3. The summed E-state index contributed by atoms with van der Waals surface area (Å²) in [4.78, 5) is 11.4. The van der Waals surface area contributed by atoms with E-state index >= 15 is 0 Å². The molecule has 32 heavy (non-hydrogen) atoms. The molecule has 8 nitrogen and oxygen atoms in total. The lowest BCUT2D eigenvalue weighted by Gasteiger charge is -2.26. The number of nitrogens with one attached hydrogen (secondary N) is 2. The van der Waals surface area contributed by atoms with Gasteiger partial charge < -0.3 is 24.5 Å². The van der Waals surface area contributed by atoms with Gasteiger partial charge in [-0.05, 0) is 24.6 Å². The van der Waals surface area contributed by atoms with Crippen molar-refractivity contribution in [2.24, 2.45) is 4.99 Å². The molecule has 0 atom stereocenters. The van der Waals surface area contributed by atoms with Crippen LogP contribution in [0.5, 0.6) is 5.75 Å². The quantitative estimate of drug-likeness (QED) is 0.455. The van der Waals surface area contributed by atoms with Crippen molar-refractivity contribution in [3.05, 3.63) is 47.7 Å². The standard InChI is InChI=1S/C24H37N5O3/c1-5-25-23(28-18-22-26-17-21(32-22)24(2,3)4)27-16-19-7-6-8-20(15-19)31-14-11-29-9-12-30-13-10-29/h6-8,15,17H,5,9-14,16,18H2,1-4H3,(H2,25,27,28). The maximum Gasteiger partial charge on any atom is 0.213 e. The Hall–Kier alpha value is -2.58. The van der Waals surface area contributed by atoms with Crippen molar-refractivity contribution < 1.29 is 13.9 Å². The molecule has 3 rings (SSSR count). The lowest BCUT2D eigenvalue weighted by atomic mass is 9.94. The number of hydrogen-bond acceptors (Lipinski definition) is 6. The molecule has 0 radical (unpaired) electrons. The van der Waals surface area contributed by atoms with Gasteiger partial charge in [0.15, 0.2) is 5.96 Å². The minimum absolute atomic E-state index is 0.0564. The number of rotatable bonds is 9. The molecular weight excluding hydrogens is 406 g/mol. The zero-order valence-corrected chi connectivity index (χ0v) is 19.8. The van der Waals surface area contributed by atoms with Crippen LogP contribution >= 0.6 is 0 Å². The average molecular weight is 444 g/mol. The van der Waals surface area contributed by atoms with Crippen molar-refractivity contribution in [3.8, 4) is 5.75 Å². The monoisotopic (exact) mass is 443 g/mol. The Kier molecular flexibility index (Phi) is 8.93. The summed E-state index contributed by atoms with van der Waals surface area (Å²) in [6.07, 6.45) is 1.80. The highest BCUT2D eigenvalue weighted by atomic mass is 16.5. The molecule has 1 aliphatic rings. The van der Waals surface area contributed by atoms with Crippen LogP contribution in [0.3, 0.4) is 0 Å². The number of benzene rings is 1. The molecule has 1 aromatic heterocycles. The third-order valence-electron chi connectivity index (χ3n) is 5.14. The number of aliphatic imine (C=N–C) groups is 1. The summed E-state index contributed by atoms with van der Waals surface area (Å²) in [6.45, 7) is 15.3. The average Bonchev–Trinajstić information content (AvgIpc) is 3.27. The van der Waals surface area contributed by atoms with Crippen molar-refractivity contribution in [1.82, 2.24) is 20.5 Å². The van der Waals surface area contributed by atoms with Crippen LogP contribution in [-0.2, 0) is 23.2 Å². The van der Waals surface area contributed by atoms with Gasteiger partial charge in [-0.1, -0.05) is 32.9 Å². The van der Waals surface area contributed by atoms with Crippen LogP contribution < -0.4 is 15.4 Å². The van der Waals surface area contributed by atoms with E-state index in [1.807, 2.05) is 19.1 Å². The number of nitrogens with zero attached hydrogens (tertiary/aromatic N) is 3. The number of hydrogen-bond donors (Lipinski definition) is 2. The van der Waals surface area contributed by atoms with Gasteiger partial charge in [0, 0.05) is 31.6 Å². The maximum absolute atomic E-state index is 5.96. The predicted octanol–water partition coefficient (Wildman–Crippen LogP) is 2.94. The molecule has 2 aromatic rings. The lowest BCUT2D eigenvalue weighted by molar-refractivity contribution is 0.0322. The van der Waals surface area contributed by atoms with E-state index < -0.39 is 0 Å². The highest BCUT2D eigenvalue weighted by molar-refractivity contribution is 5.79. The third kappa shape index (κ3) is 7.84. The van der Waals surface area contributed by atoms with Crippen molar-refractivity contribution in [2.45, 2.75) is 46.2 Å². The lowest BCUT2D eigenvalue weighted by Crippen LogP contribution is -2.38. The highest BCUT2D eigenvalue weighted by Gasteiger charge is 2.19. The Bertz CT molecular complexity index is 853. The van der Waals surface area contributed by atoms with E-state index in [0.717, 1.165) is 62.4 Å². The molecule has 0 unspecified atom stereocenters. The summed E-state index contributed by atoms with van der Waals surface area (Å²) < 4.78 is 17.2. The Morgan fingerprint density at radius 3 is 2.75 bits per heavy atom. The zero-order chi connectivity index (χ0) is 22.8. The van der Waals surface area contributed by atoms with E-state index in [4.69, 9.17) is 18.9 Å². The molecule has 2 N–H and O–H groups in total. The Balaban J connectivity index is 1.50. The maximum atomic E-state index is 5.96. The van der Waals surface area contributed by atoms with Crippen LogP contribution in [0.15, 0.2) is 39.9 Å². The van der Waals surface area contributed by atoms with E-state index in [0.29, 0.717) is 25.6 Å². The normalized spacial score (nSPS) is 15.6. The summed E-state index contributed by atoms with van der Waals surface area (Å²) in [6, 6.07) is 8.11. The van der Waals surface area contributed by atoms with Crippen LogP contribution in [0.25, 0.3) is 0 Å². The Morgan fingerprint density at radius 1 is 1.22 bits per heavy atom. The van der Waals surface area contributed by atoms with Gasteiger partial charge in [0.05, 0.1) is 32.5 Å². The van der Waals surface area contributed by atoms with Crippen molar-refractivity contribution in [3.63, 3.8) is 0 Å². The van der Waals surface area contributed by atoms with Crippen LogP contribution in [0.4, 0.5) is 0 Å². The topological polar surface area (TPSA) is 84.2 Å². The van der Waals surface area contributed by atoms with Gasteiger partial charge in [0.25, 0.3) is 0 Å². The summed E-state index contributed by atoms with van der Waals surface area (Å²) in [5, 5.41) is 6.56. The number of morpholine rings is 1. The van der Waals surface area contributed by atoms with Crippen LogP contribution in [0.1, 0.15) is 44.9 Å². The summed E-state index contributed by atoms with van der Waals surface area (Å²) in [5.41, 5.74) is 1.04. The Labute approximate surface area is 191 Å². The molecule has 0 spiro atoms. The summed E-state index contributed by atoms with van der Waals surface area (Å²) in [5.74, 6) is 3.12. The fraction of sp³-hybridized carbons (Fsp3) is 0.583. The first-order valence-electron chi connectivity index (χ1n) is 11.4. The third-order valence-corrected chi connectivity index (χ3v) is 5.14. The largest absolute Gasteiger partial charge is 0.492 e. The highest BCUT2D eigenvalue weighted by Crippen LogP contribution is 2.22. The first-order chi connectivity index (χ1) is 15.4. The zero-order valence-electron chi connectivity index (χ0n) is 19.8. The fourth-order valence-corrected chi connectivity index (χ4v) is 3.26. The summed E-state index contributed by atoms with van der Waals surface area (Å²) in [7, 11) is 0. The van der Waals surface area contributed by atoms with E-state index in [1.165, 1.54) is 0 Å². The molecule has 0 bridgehead atoms. The number of ether oxygens (including phenoxy) is 2. The smallest absolute Gasteiger partial charge is 0.213 e. The molecule has 1 aromatic carbocycles. The fourth-order valence-electron chi connectivity index (χ4n) is 3.26. The van der Waals surface area contributed by atoms with Gasteiger partial charge in [0.1, 0.15) is 18.1 Å². The SMILES string of the molecule is CCNC(=NCc1cccc(OCCN2CCOCC2)c1)NCc1ncc(C(C)(C)C)o1. The minimum atomic E-state index is -0.0564. The van der Waals surface area contributed by atoms with E-state index in [2.05, 4.69) is 53.4 Å². The van der Waals surface area contributed by atoms with Gasteiger partial charge in [-0.3, -0.25) is 4.90 Å². The second-order valence-electron chi connectivity index (χ2n) is 8.87. The number of oxazole rings is 1. The van der Waals surface area contributed by atoms with E-state index in [-0.39, 0.29) is 5.41 Å². The van der Waals surface area contributed by atoms with Crippen molar-refractivity contribution >= 4 is 5.96 Å². The second kappa shape index (κ2) is 11.9. The van der Waals surface area contributed by atoms with E-state index in [9.17, 15) is 0 Å². The Morgan fingerprint density at radius 2 is 2.03 bits per heavy atom. The molecule has 0 saturated carbocycles. The molecule has 1 aliphatic heterocycles. The van der Waals surface area contributed by atoms with Gasteiger partial charge in [-0.25, -0.2) is 9.98 Å². The van der Waals surface area contributed by atoms with E-state index in [1.54, 1.807) is 6.20 Å². The van der Waals surface area contributed by atoms with Crippen LogP contribution in [0.2, 0.25) is 0 Å². The molecule has 176 valence electrons. The number of aromatic nitrogens is 1. The number of guanidine groups is 1. The van der Waals surface area contributed by atoms with Crippen molar-refractivity contribution in [2.75, 3.05) is 46.0 Å². The molecule has 2 heterocycles. The molecule has 0 amide bonds. The summed E-state index contributed by atoms with van der Waals surface area (Å²) >= 11 is 0. The van der Waals surface area contributed by atoms with Crippen molar-refractivity contribution in [1.29, 1.82) is 0 Å². The van der Waals surface area contributed by atoms with Crippen LogP contribution in [-0.4, -0.2) is 61.8 Å². The van der Waals surface area contributed by atoms with Crippen LogP contribution in [0, 0.1) is 0 Å². The van der Waals surface area contributed by atoms with Gasteiger partial charge in [0.2, 0.25) is 5.89 Å². The first-order valence-corrected chi connectivity index (χ1v) is 11.4. The van der Waals surface area contributed by atoms with Gasteiger partial charge in [-0.15, -0.1) is 0 Å². The second-order valence-corrected chi connectivity index (χ2v) is 8.87.